The molecule has 7 heteroatoms. The average molecular weight is 401 g/mol. The number of benzene rings is 2. The lowest BCUT2D eigenvalue weighted by Crippen LogP contribution is -2.49. The summed E-state index contributed by atoms with van der Waals surface area (Å²) in [5.41, 5.74) is 8.32. The summed E-state index contributed by atoms with van der Waals surface area (Å²) < 4.78 is 0. The number of para-hydroxylation sites is 1. The van der Waals surface area contributed by atoms with Crippen molar-refractivity contribution in [3.05, 3.63) is 77.5 Å². The van der Waals surface area contributed by atoms with E-state index in [0.717, 1.165) is 17.7 Å². The van der Waals surface area contributed by atoms with Gasteiger partial charge in [-0.2, -0.15) is 5.10 Å². The number of carbonyl (C=O) groups excluding carboxylic acids is 2. The van der Waals surface area contributed by atoms with Crippen LogP contribution in [0.2, 0.25) is 0 Å². The number of hydrogen-bond acceptors (Lipinski definition) is 4. The molecule has 5 rings (SSSR count). The number of nitrogens with one attached hydrogen (secondary N) is 2. The Kier molecular flexibility index (Phi) is 4.31. The number of rotatable bonds is 4. The molecule has 0 radical (unpaired) electrons. The first kappa shape index (κ1) is 18.4. The van der Waals surface area contributed by atoms with Gasteiger partial charge in [0.25, 0.3) is 5.91 Å². The van der Waals surface area contributed by atoms with Crippen LogP contribution in [0.5, 0.6) is 0 Å². The monoisotopic (exact) mass is 401 g/mol. The number of aromatic amines is 1. The zero-order valence-electron chi connectivity index (χ0n) is 16.5. The second kappa shape index (κ2) is 7.02. The van der Waals surface area contributed by atoms with E-state index >= 15 is 0 Å². The van der Waals surface area contributed by atoms with Gasteiger partial charge in [0.05, 0.1) is 11.5 Å². The van der Waals surface area contributed by atoms with Crippen molar-refractivity contribution in [1.29, 1.82) is 0 Å². The summed E-state index contributed by atoms with van der Waals surface area (Å²) in [5, 5.41) is 9.66. The van der Waals surface area contributed by atoms with Gasteiger partial charge in [0.1, 0.15) is 11.5 Å². The van der Waals surface area contributed by atoms with Crippen molar-refractivity contribution >= 4 is 23.3 Å². The minimum atomic E-state index is -0.743. The number of likely N-dealkylation sites (tertiary alicyclic amines) is 1. The van der Waals surface area contributed by atoms with Gasteiger partial charge in [0.15, 0.2) is 0 Å². The molecule has 3 aromatic rings. The molecular formula is C23H23N5O2. The third-order valence-electron chi connectivity index (χ3n) is 6.39. The highest BCUT2D eigenvalue weighted by molar-refractivity contribution is 6.08. The van der Waals surface area contributed by atoms with Crippen LogP contribution in [0.1, 0.15) is 34.5 Å². The van der Waals surface area contributed by atoms with Crippen LogP contribution in [0.3, 0.4) is 0 Å². The highest BCUT2D eigenvalue weighted by Crippen LogP contribution is 2.49. The van der Waals surface area contributed by atoms with Crippen LogP contribution in [-0.4, -0.2) is 39.5 Å². The molecule has 0 aliphatic carbocycles. The number of aryl methyl sites for hydroxylation is 1. The van der Waals surface area contributed by atoms with Gasteiger partial charge in [0.2, 0.25) is 5.91 Å². The van der Waals surface area contributed by atoms with Crippen LogP contribution in [0.15, 0.2) is 60.7 Å². The fraction of sp³-hybridized carbons (Fsp3) is 0.261. The fourth-order valence-electron chi connectivity index (χ4n) is 5.00. The molecule has 0 bridgehead atoms. The SMILES string of the molecule is Nc1cc(C(=O)N2CC[C@]3(C(=O)Nc4ccccc43)[C@@H]2CCc2ccccc2)[nH]n1. The minimum absolute atomic E-state index is 0.0267. The molecule has 1 aromatic heterocycles. The molecule has 0 unspecified atom stereocenters. The van der Waals surface area contributed by atoms with E-state index in [4.69, 9.17) is 5.73 Å². The number of aromatic nitrogens is 2. The van der Waals surface area contributed by atoms with E-state index in [1.54, 1.807) is 6.07 Å². The number of hydrogen-bond donors (Lipinski definition) is 3. The standard InChI is InChI=1S/C23H23N5O2/c24-20-14-18(26-27-20)21(29)28-13-12-23(16-8-4-5-9-17(16)25-22(23)30)19(28)11-10-15-6-2-1-3-7-15/h1-9,14,19H,10-13H2,(H,25,30)(H3,24,26,27)/t19-,23+/m0/s1. The van der Waals surface area contributed by atoms with Crippen LogP contribution in [0.25, 0.3) is 0 Å². The summed E-state index contributed by atoms with van der Waals surface area (Å²) in [4.78, 5) is 28.4. The molecule has 0 saturated carbocycles. The molecule has 1 saturated heterocycles. The Morgan fingerprint density at radius 2 is 1.93 bits per heavy atom. The third kappa shape index (κ3) is 2.77. The smallest absolute Gasteiger partial charge is 0.272 e. The quantitative estimate of drug-likeness (QED) is 0.625. The minimum Gasteiger partial charge on any atom is -0.382 e. The van der Waals surface area contributed by atoms with E-state index < -0.39 is 5.41 Å². The fourth-order valence-corrected chi connectivity index (χ4v) is 5.00. The normalized spacial score (nSPS) is 22.3. The Bertz CT molecular complexity index is 1110. The molecule has 2 atom stereocenters. The van der Waals surface area contributed by atoms with E-state index in [1.165, 1.54) is 5.56 Å². The summed E-state index contributed by atoms with van der Waals surface area (Å²) in [6.45, 7) is 0.499. The largest absolute Gasteiger partial charge is 0.382 e. The molecule has 4 N–H and O–H groups in total. The molecule has 2 amide bonds. The van der Waals surface area contributed by atoms with Crippen LogP contribution in [-0.2, 0) is 16.6 Å². The Hall–Kier alpha value is -3.61. The number of fused-ring (bicyclic) bond motifs is 2. The zero-order chi connectivity index (χ0) is 20.7. The summed E-state index contributed by atoms with van der Waals surface area (Å²) >= 11 is 0. The van der Waals surface area contributed by atoms with Crippen molar-refractivity contribution in [2.75, 3.05) is 17.6 Å². The molecule has 7 nitrogen and oxygen atoms in total. The van der Waals surface area contributed by atoms with E-state index in [0.29, 0.717) is 25.1 Å². The number of carbonyl (C=O) groups is 2. The Labute approximate surface area is 174 Å². The number of nitrogen functional groups attached to an aromatic ring is 1. The molecule has 30 heavy (non-hydrogen) atoms. The van der Waals surface area contributed by atoms with Crippen molar-refractivity contribution in [3.8, 4) is 0 Å². The zero-order valence-corrected chi connectivity index (χ0v) is 16.5. The number of H-pyrrole nitrogens is 1. The first-order chi connectivity index (χ1) is 14.6. The van der Waals surface area contributed by atoms with Gasteiger partial charge in [0, 0.05) is 18.3 Å². The molecular weight excluding hydrogens is 378 g/mol. The number of nitrogens with two attached hydrogens (primary N) is 1. The molecule has 2 aliphatic rings. The maximum Gasteiger partial charge on any atom is 0.272 e. The summed E-state index contributed by atoms with van der Waals surface area (Å²) in [5.74, 6) is 0.0737. The van der Waals surface area contributed by atoms with Gasteiger partial charge >= 0.3 is 0 Å². The van der Waals surface area contributed by atoms with Crippen LogP contribution >= 0.6 is 0 Å². The predicted octanol–water partition coefficient (Wildman–Crippen LogP) is 2.73. The second-order valence-corrected chi connectivity index (χ2v) is 7.97. The molecule has 3 heterocycles. The van der Waals surface area contributed by atoms with Gasteiger partial charge < -0.3 is 16.0 Å². The van der Waals surface area contributed by atoms with Gasteiger partial charge in [-0.1, -0.05) is 48.5 Å². The maximum absolute atomic E-state index is 13.3. The van der Waals surface area contributed by atoms with Crippen molar-refractivity contribution in [3.63, 3.8) is 0 Å². The first-order valence-electron chi connectivity index (χ1n) is 10.2. The highest BCUT2D eigenvalue weighted by Gasteiger charge is 2.58. The van der Waals surface area contributed by atoms with Gasteiger partial charge in [-0.05, 0) is 36.5 Å². The highest BCUT2D eigenvalue weighted by atomic mass is 16.2. The summed E-state index contributed by atoms with van der Waals surface area (Å²) in [7, 11) is 0. The first-order valence-corrected chi connectivity index (χ1v) is 10.2. The Morgan fingerprint density at radius 3 is 2.70 bits per heavy atom. The van der Waals surface area contributed by atoms with Crippen molar-refractivity contribution in [1.82, 2.24) is 15.1 Å². The van der Waals surface area contributed by atoms with Crippen LogP contribution < -0.4 is 11.1 Å². The van der Waals surface area contributed by atoms with E-state index in [2.05, 4.69) is 27.6 Å². The lowest BCUT2D eigenvalue weighted by molar-refractivity contribution is -0.121. The Balaban J connectivity index is 1.54. The van der Waals surface area contributed by atoms with Crippen molar-refractivity contribution in [2.45, 2.75) is 30.7 Å². The third-order valence-corrected chi connectivity index (χ3v) is 6.39. The van der Waals surface area contributed by atoms with E-state index in [1.807, 2.05) is 47.4 Å². The topological polar surface area (TPSA) is 104 Å². The van der Waals surface area contributed by atoms with Crippen molar-refractivity contribution in [2.24, 2.45) is 0 Å². The molecule has 1 spiro atoms. The average Bonchev–Trinajstić information content (AvgIpc) is 3.44. The van der Waals surface area contributed by atoms with E-state index in [-0.39, 0.29) is 23.7 Å². The number of amides is 2. The molecule has 2 aliphatic heterocycles. The van der Waals surface area contributed by atoms with Crippen LogP contribution in [0, 0.1) is 0 Å². The van der Waals surface area contributed by atoms with Gasteiger partial charge in [-0.15, -0.1) is 0 Å². The Morgan fingerprint density at radius 1 is 1.17 bits per heavy atom. The summed E-state index contributed by atoms with van der Waals surface area (Å²) in [6.07, 6.45) is 2.05. The predicted molar refractivity (Wildman–Crippen MR) is 114 cm³/mol. The van der Waals surface area contributed by atoms with E-state index in [9.17, 15) is 9.59 Å². The lowest BCUT2D eigenvalue weighted by atomic mass is 9.73. The van der Waals surface area contributed by atoms with Crippen molar-refractivity contribution < 1.29 is 9.59 Å². The van der Waals surface area contributed by atoms with Gasteiger partial charge in [-0.25, -0.2) is 0 Å². The van der Waals surface area contributed by atoms with Crippen LogP contribution in [0.4, 0.5) is 11.5 Å². The summed E-state index contributed by atoms with van der Waals surface area (Å²) in [6, 6.07) is 19.2. The second-order valence-electron chi connectivity index (χ2n) is 7.97. The molecule has 1 fully saturated rings. The maximum atomic E-state index is 13.3. The number of anilines is 2. The van der Waals surface area contributed by atoms with Gasteiger partial charge in [-0.3, -0.25) is 14.7 Å². The molecule has 152 valence electrons. The number of nitrogens with zero attached hydrogens (tertiary/aromatic N) is 2. The molecule has 2 aromatic carbocycles. The lowest BCUT2D eigenvalue weighted by Gasteiger charge is -2.34.